The van der Waals surface area contributed by atoms with Gasteiger partial charge in [-0.25, -0.2) is 15.8 Å². The van der Waals surface area contributed by atoms with E-state index in [1.807, 2.05) is 0 Å². The number of nitrogens with zero attached hydrogens (tertiary/aromatic N) is 3. The zero-order valence-corrected chi connectivity index (χ0v) is 11.7. The van der Waals surface area contributed by atoms with E-state index < -0.39 is 0 Å². The van der Waals surface area contributed by atoms with Gasteiger partial charge in [-0.15, -0.1) is 0 Å². The van der Waals surface area contributed by atoms with Crippen molar-refractivity contribution in [2.45, 2.75) is 40.0 Å². The Labute approximate surface area is 109 Å². The molecule has 0 spiro atoms. The van der Waals surface area contributed by atoms with E-state index in [0.29, 0.717) is 11.3 Å². The summed E-state index contributed by atoms with van der Waals surface area (Å²) >= 11 is 0. The van der Waals surface area contributed by atoms with E-state index in [9.17, 15) is 0 Å². The van der Waals surface area contributed by atoms with Gasteiger partial charge in [0.05, 0.1) is 0 Å². The van der Waals surface area contributed by atoms with Crippen LogP contribution in [0.15, 0.2) is 6.33 Å². The Morgan fingerprint density at radius 1 is 1.39 bits per heavy atom. The minimum Gasteiger partial charge on any atom is -0.356 e. The standard InChI is InChI=1S/C13H23N5/c1-9(2)10-11(17-14)15-8-16-12(10)18-6-5-13(3,4)7-18/h8-9H,5-7,14H2,1-4H3,(H,15,16,17). The maximum atomic E-state index is 5.55. The highest BCUT2D eigenvalue weighted by molar-refractivity contribution is 5.60. The maximum absolute atomic E-state index is 5.55. The Hall–Kier alpha value is -1.36. The summed E-state index contributed by atoms with van der Waals surface area (Å²) in [4.78, 5) is 11.0. The second kappa shape index (κ2) is 4.72. The predicted octanol–water partition coefficient (Wildman–Crippen LogP) is 2.12. The number of rotatable bonds is 3. The average molecular weight is 249 g/mol. The first-order chi connectivity index (χ1) is 8.44. The molecule has 0 aliphatic carbocycles. The lowest BCUT2D eigenvalue weighted by Gasteiger charge is -2.25. The smallest absolute Gasteiger partial charge is 0.148 e. The van der Waals surface area contributed by atoms with Crippen LogP contribution in [-0.2, 0) is 0 Å². The van der Waals surface area contributed by atoms with E-state index in [1.165, 1.54) is 6.42 Å². The highest BCUT2D eigenvalue weighted by Crippen LogP contribution is 2.36. The first-order valence-corrected chi connectivity index (χ1v) is 6.51. The van der Waals surface area contributed by atoms with Gasteiger partial charge in [-0.1, -0.05) is 27.7 Å². The van der Waals surface area contributed by atoms with Gasteiger partial charge in [0, 0.05) is 18.7 Å². The minimum absolute atomic E-state index is 0.343. The molecule has 0 aromatic carbocycles. The van der Waals surface area contributed by atoms with Gasteiger partial charge in [0.2, 0.25) is 0 Å². The van der Waals surface area contributed by atoms with E-state index in [2.05, 4.69) is 48.0 Å². The number of aromatic nitrogens is 2. The van der Waals surface area contributed by atoms with Crippen LogP contribution in [0.4, 0.5) is 11.6 Å². The molecule has 0 amide bonds. The molecule has 1 aliphatic heterocycles. The molecule has 0 atom stereocenters. The quantitative estimate of drug-likeness (QED) is 0.634. The van der Waals surface area contributed by atoms with Gasteiger partial charge in [-0.3, -0.25) is 0 Å². The van der Waals surface area contributed by atoms with E-state index in [0.717, 1.165) is 30.3 Å². The highest BCUT2D eigenvalue weighted by atomic mass is 15.3. The van der Waals surface area contributed by atoms with Crippen LogP contribution < -0.4 is 16.2 Å². The number of hydrogen-bond acceptors (Lipinski definition) is 5. The van der Waals surface area contributed by atoms with Crippen LogP contribution in [0.1, 0.15) is 45.6 Å². The minimum atomic E-state index is 0.343. The van der Waals surface area contributed by atoms with Gasteiger partial charge in [0.25, 0.3) is 0 Å². The summed E-state index contributed by atoms with van der Waals surface area (Å²) < 4.78 is 0. The van der Waals surface area contributed by atoms with Crippen molar-refractivity contribution < 1.29 is 0 Å². The molecule has 2 heterocycles. The molecule has 0 saturated carbocycles. The van der Waals surface area contributed by atoms with Crippen molar-refractivity contribution in [1.82, 2.24) is 9.97 Å². The van der Waals surface area contributed by atoms with Crippen molar-refractivity contribution in [2.75, 3.05) is 23.4 Å². The topological polar surface area (TPSA) is 67.1 Å². The van der Waals surface area contributed by atoms with Crippen LogP contribution in [0, 0.1) is 5.41 Å². The van der Waals surface area contributed by atoms with Crippen LogP contribution in [0.5, 0.6) is 0 Å². The molecule has 100 valence electrons. The molecule has 0 radical (unpaired) electrons. The third kappa shape index (κ3) is 2.41. The van der Waals surface area contributed by atoms with Gasteiger partial charge in [-0.05, 0) is 17.8 Å². The SMILES string of the molecule is CC(C)c1c(NN)ncnc1N1CCC(C)(C)C1. The third-order valence-corrected chi connectivity index (χ3v) is 3.55. The molecule has 1 saturated heterocycles. The molecule has 1 aliphatic rings. The highest BCUT2D eigenvalue weighted by Gasteiger charge is 2.32. The lowest BCUT2D eigenvalue weighted by molar-refractivity contribution is 0.418. The number of hydrogen-bond donors (Lipinski definition) is 2. The maximum Gasteiger partial charge on any atom is 0.148 e. The van der Waals surface area contributed by atoms with E-state index in [1.54, 1.807) is 6.33 Å². The first-order valence-electron chi connectivity index (χ1n) is 6.51. The summed E-state index contributed by atoms with van der Waals surface area (Å²) in [6, 6.07) is 0. The van der Waals surface area contributed by atoms with Crippen molar-refractivity contribution in [2.24, 2.45) is 11.3 Å². The fourth-order valence-electron chi connectivity index (χ4n) is 2.58. The summed E-state index contributed by atoms with van der Waals surface area (Å²) in [7, 11) is 0. The van der Waals surface area contributed by atoms with E-state index in [-0.39, 0.29) is 0 Å². The van der Waals surface area contributed by atoms with Crippen molar-refractivity contribution in [3.8, 4) is 0 Å². The Bertz CT molecular complexity index is 427. The van der Waals surface area contributed by atoms with Crippen LogP contribution >= 0.6 is 0 Å². The molecular weight excluding hydrogens is 226 g/mol. The number of nitrogens with two attached hydrogens (primary N) is 1. The third-order valence-electron chi connectivity index (χ3n) is 3.55. The molecule has 3 N–H and O–H groups in total. The van der Waals surface area contributed by atoms with E-state index >= 15 is 0 Å². The first kappa shape index (κ1) is 13.1. The molecule has 0 unspecified atom stereocenters. The number of hydrazine groups is 1. The average Bonchev–Trinajstić information content (AvgIpc) is 2.68. The largest absolute Gasteiger partial charge is 0.356 e. The Morgan fingerprint density at radius 3 is 2.61 bits per heavy atom. The van der Waals surface area contributed by atoms with Gasteiger partial charge in [0.15, 0.2) is 0 Å². The predicted molar refractivity (Wildman–Crippen MR) is 74.5 cm³/mol. The van der Waals surface area contributed by atoms with Crippen molar-refractivity contribution >= 4 is 11.6 Å². The number of nitrogens with one attached hydrogen (secondary N) is 1. The number of anilines is 2. The monoisotopic (exact) mass is 249 g/mol. The second-order valence-corrected chi connectivity index (χ2v) is 6.09. The second-order valence-electron chi connectivity index (χ2n) is 6.09. The molecule has 1 aromatic heterocycles. The van der Waals surface area contributed by atoms with Gasteiger partial charge < -0.3 is 10.3 Å². The van der Waals surface area contributed by atoms with Gasteiger partial charge >= 0.3 is 0 Å². The molecule has 5 heteroatoms. The lowest BCUT2D eigenvalue weighted by atomic mass is 9.93. The normalized spacial score (nSPS) is 18.4. The van der Waals surface area contributed by atoms with Crippen molar-refractivity contribution in [3.05, 3.63) is 11.9 Å². The summed E-state index contributed by atoms with van der Waals surface area (Å²) in [6.45, 7) is 11.0. The molecule has 1 fully saturated rings. The molecular formula is C13H23N5. The molecule has 0 bridgehead atoms. The molecule has 1 aromatic rings. The molecule has 5 nitrogen and oxygen atoms in total. The molecule has 18 heavy (non-hydrogen) atoms. The fourth-order valence-corrected chi connectivity index (χ4v) is 2.58. The van der Waals surface area contributed by atoms with Crippen LogP contribution in [-0.4, -0.2) is 23.1 Å². The summed E-state index contributed by atoms with van der Waals surface area (Å²) in [5.41, 5.74) is 4.15. The summed E-state index contributed by atoms with van der Waals surface area (Å²) in [6.07, 6.45) is 2.78. The Balaban J connectivity index is 2.39. The summed E-state index contributed by atoms with van der Waals surface area (Å²) in [5.74, 6) is 7.66. The van der Waals surface area contributed by atoms with Crippen molar-refractivity contribution in [3.63, 3.8) is 0 Å². The zero-order valence-electron chi connectivity index (χ0n) is 11.7. The molecule has 2 rings (SSSR count). The van der Waals surface area contributed by atoms with Gasteiger partial charge in [-0.2, -0.15) is 0 Å². The lowest BCUT2D eigenvalue weighted by Crippen LogP contribution is -2.26. The van der Waals surface area contributed by atoms with Crippen LogP contribution in [0.25, 0.3) is 0 Å². The van der Waals surface area contributed by atoms with E-state index in [4.69, 9.17) is 5.84 Å². The Kier molecular flexibility index (Phi) is 3.43. The summed E-state index contributed by atoms with van der Waals surface area (Å²) in [5, 5.41) is 0. The van der Waals surface area contributed by atoms with Crippen molar-refractivity contribution in [1.29, 1.82) is 0 Å². The zero-order chi connectivity index (χ0) is 13.3. The fraction of sp³-hybridized carbons (Fsp3) is 0.692. The number of nitrogen functional groups attached to an aromatic ring is 1. The Morgan fingerprint density at radius 2 is 2.11 bits per heavy atom. The van der Waals surface area contributed by atoms with Gasteiger partial charge in [0.1, 0.15) is 18.0 Å². The van der Waals surface area contributed by atoms with Crippen LogP contribution in [0.3, 0.4) is 0 Å². The van der Waals surface area contributed by atoms with Crippen LogP contribution in [0.2, 0.25) is 0 Å².